The molecule has 0 saturated carbocycles. The molecule has 1 aromatic heterocycles. The minimum atomic E-state index is 0.351. The van der Waals surface area contributed by atoms with Gasteiger partial charge in [-0.05, 0) is 31.5 Å². The zero-order valence-corrected chi connectivity index (χ0v) is 11.8. The maximum Gasteiger partial charge on any atom is 0.209 e. The fraction of sp³-hybridized carbons (Fsp3) is 0.533. The second-order valence-corrected chi connectivity index (χ2v) is 5.26. The summed E-state index contributed by atoms with van der Waals surface area (Å²) in [4.78, 5) is 6.80. The van der Waals surface area contributed by atoms with Gasteiger partial charge >= 0.3 is 0 Å². The molecule has 5 heteroatoms. The van der Waals surface area contributed by atoms with Crippen molar-refractivity contribution in [2.75, 3.05) is 25.4 Å². The summed E-state index contributed by atoms with van der Waals surface area (Å²) in [6, 6.07) is 5.63. The van der Waals surface area contributed by atoms with Gasteiger partial charge in [0.15, 0.2) is 5.58 Å². The normalized spacial score (nSPS) is 19.2. The summed E-state index contributed by atoms with van der Waals surface area (Å²) in [5, 5.41) is 0. The lowest BCUT2D eigenvalue weighted by Crippen LogP contribution is -2.31. The number of aromatic nitrogens is 1. The number of oxazole rings is 1. The number of benzene rings is 1. The maximum absolute atomic E-state index is 5.91. The summed E-state index contributed by atoms with van der Waals surface area (Å²) in [5.41, 5.74) is 8.09. The highest BCUT2D eigenvalue weighted by molar-refractivity contribution is 5.85. The van der Waals surface area contributed by atoms with Crippen molar-refractivity contribution in [3.8, 4) is 0 Å². The van der Waals surface area contributed by atoms with Crippen molar-refractivity contribution < 1.29 is 9.15 Å². The summed E-state index contributed by atoms with van der Waals surface area (Å²) >= 11 is 0. The minimum absolute atomic E-state index is 0.351. The van der Waals surface area contributed by atoms with Gasteiger partial charge in [0.2, 0.25) is 5.89 Å². The van der Waals surface area contributed by atoms with E-state index in [9.17, 15) is 0 Å². The number of rotatable bonds is 5. The Morgan fingerprint density at radius 1 is 1.45 bits per heavy atom. The monoisotopic (exact) mass is 275 g/mol. The molecule has 1 aliphatic heterocycles. The number of nitrogens with zero attached hydrogens (tertiary/aromatic N) is 2. The standard InChI is InChI=1S/C15H21N3O2/c1-2-18(9-11-5-4-8-19-11)10-14-17-15-12(16)6-3-7-13(15)20-14/h3,6-7,11H,2,4-5,8-10,16H2,1H3. The Bertz CT molecular complexity index is 576. The van der Waals surface area contributed by atoms with Gasteiger partial charge in [0.1, 0.15) is 5.52 Å². The average Bonchev–Trinajstić information content (AvgIpc) is 3.07. The third kappa shape index (κ3) is 2.78. The summed E-state index contributed by atoms with van der Waals surface area (Å²) in [6.07, 6.45) is 2.67. The lowest BCUT2D eigenvalue weighted by atomic mass is 10.2. The van der Waals surface area contributed by atoms with E-state index in [1.54, 1.807) is 0 Å². The van der Waals surface area contributed by atoms with Gasteiger partial charge in [-0.15, -0.1) is 0 Å². The molecule has 0 aliphatic carbocycles. The predicted molar refractivity (Wildman–Crippen MR) is 78.3 cm³/mol. The van der Waals surface area contributed by atoms with Crippen molar-refractivity contribution in [1.82, 2.24) is 9.88 Å². The molecule has 20 heavy (non-hydrogen) atoms. The number of ether oxygens (including phenoxy) is 1. The molecule has 0 radical (unpaired) electrons. The predicted octanol–water partition coefficient (Wildman–Crippen LogP) is 2.41. The first kappa shape index (κ1) is 13.4. The van der Waals surface area contributed by atoms with Gasteiger partial charge in [-0.2, -0.15) is 0 Å². The molecule has 0 amide bonds. The van der Waals surface area contributed by atoms with Crippen molar-refractivity contribution >= 4 is 16.8 Å². The number of hydrogen-bond acceptors (Lipinski definition) is 5. The van der Waals surface area contributed by atoms with Crippen LogP contribution in [0, 0.1) is 0 Å². The van der Waals surface area contributed by atoms with Crippen molar-refractivity contribution in [3.63, 3.8) is 0 Å². The molecule has 0 bridgehead atoms. The van der Waals surface area contributed by atoms with Crippen LogP contribution in [-0.4, -0.2) is 35.7 Å². The SMILES string of the molecule is CCN(Cc1nc2c(N)cccc2o1)CC1CCCO1. The van der Waals surface area contributed by atoms with Crippen molar-refractivity contribution in [2.45, 2.75) is 32.4 Å². The molecule has 1 fully saturated rings. The molecular formula is C15H21N3O2. The summed E-state index contributed by atoms with van der Waals surface area (Å²) in [7, 11) is 0. The van der Waals surface area contributed by atoms with E-state index in [1.165, 1.54) is 6.42 Å². The Balaban J connectivity index is 1.71. The van der Waals surface area contributed by atoms with Crippen LogP contribution >= 0.6 is 0 Å². The quantitative estimate of drug-likeness (QED) is 0.849. The highest BCUT2D eigenvalue weighted by Crippen LogP contribution is 2.22. The molecule has 2 N–H and O–H groups in total. The van der Waals surface area contributed by atoms with Gasteiger partial charge in [-0.25, -0.2) is 4.98 Å². The first-order chi connectivity index (χ1) is 9.76. The lowest BCUT2D eigenvalue weighted by molar-refractivity contribution is 0.0699. The highest BCUT2D eigenvalue weighted by atomic mass is 16.5. The van der Waals surface area contributed by atoms with Gasteiger partial charge in [-0.3, -0.25) is 4.90 Å². The van der Waals surface area contributed by atoms with E-state index >= 15 is 0 Å². The molecule has 1 saturated heterocycles. The van der Waals surface area contributed by atoms with E-state index < -0.39 is 0 Å². The van der Waals surface area contributed by atoms with Crippen molar-refractivity contribution in [3.05, 3.63) is 24.1 Å². The molecule has 5 nitrogen and oxygen atoms in total. The smallest absolute Gasteiger partial charge is 0.209 e. The van der Waals surface area contributed by atoms with E-state index in [0.717, 1.165) is 43.1 Å². The number of anilines is 1. The van der Waals surface area contributed by atoms with E-state index in [4.69, 9.17) is 14.9 Å². The molecule has 3 rings (SSSR count). The molecule has 1 unspecified atom stereocenters. The Kier molecular flexibility index (Phi) is 3.89. The van der Waals surface area contributed by atoms with Crippen LogP contribution in [0.1, 0.15) is 25.7 Å². The van der Waals surface area contributed by atoms with Crippen LogP contribution in [0.25, 0.3) is 11.1 Å². The summed E-state index contributed by atoms with van der Waals surface area (Å²) in [5.74, 6) is 0.720. The third-order valence-corrected chi connectivity index (χ3v) is 3.79. The molecule has 2 aromatic rings. The van der Waals surface area contributed by atoms with Crippen LogP contribution < -0.4 is 5.73 Å². The Morgan fingerprint density at radius 3 is 3.05 bits per heavy atom. The number of nitrogens with two attached hydrogens (primary N) is 1. The average molecular weight is 275 g/mol. The Hall–Kier alpha value is -1.59. The van der Waals surface area contributed by atoms with Gasteiger partial charge in [-0.1, -0.05) is 13.0 Å². The molecule has 1 aromatic carbocycles. The molecular weight excluding hydrogens is 254 g/mol. The van der Waals surface area contributed by atoms with Crippen LogP contribution in [-0.2, 0) is 11.3 Å². The molecule has 108 valence electrons. The topological polar surface area (TPSA) is 64.5 Å². The van der Waals surface area contributed by atoms with E-state index in [1.807, 2.05) is 18.2 Å². The number of nitrogen functional groups attached to an aromatic ring is 1. The summed E-state index contributed by atoms with van der Waals surface area (Å²) in [6.45, 7) is 5.62. The third-order valence-electron chi connectivity index (χ3n) is 3.79. The van der Waals surface area contributed by atoms with Crippen LogP contribution in [0.15, 0.2) is 22.6 Å². The minimum Gasteiger partial charge on any atom is -0.439 e. The lowest BCUT2D eigenvalue weighted by Gasteiger charge is -2.21. The fourth-order valence-corrected chi connectivity index (χ4v) is 2.66. The number of likely N-dealkylation sites (N-methyl/N-ethyl adjacent to an activating group) is 1. The zero-order chi connectivity index (χ0) is 13.9. The van der Waals surface area contributed by atoms with Gasteiger partial charge in [0, 0.05) is 13.2 Å². The van der Waals surface area contributed by atoms with Crippen LogP contribution in [0.5, 0.6) is 0 Å². The van der Waals surface area contributed by atoms with E-state index in [-0.39, 0.29) is 0 Å². The second kappa shape index (κ2) is 5.81. The van der Waals surface area contributed by atoms with Gasteiger partial charge in [0.25, 0.3) is 0 Å². The van der Waals surface area contributed by atoms with Crippen LogP contribution in [0.2, 0.25) is 0 Å². The zero-order valence-electron chi connectivity index (χ0n) is 11.8. The van der Waals surface area contributed by atoms with Crippen LogP contribution in [0.4, 0.5) is 5.69 Å². The van der Waals surface area contributed by atoms with E-state index in [2.05, 4.69) is 16.8 Å². The number of para-hydroxylation sites is 1. The highest BCUT2D eigenvalue weighted by Gasteiger charge is 2.20. The van der Waals surface area contributed by atoms with Crippen LogP contribution in [0.3, 0.4) is 0 Å². The number of hydrogen-bond donors (Lipinski definition) is 1. The molecule has 1 aliphatic rings. The van der Waals surface area contributed by atoms with Crippen molar-refractivity contribution in [1.29, 1.82) is 0 Å². The Morgan fingerprint density at radius 2 is 2.35 bits per heavy atom. The Labute approximate surface area is 118 Å². The van der Waals surface area contributed by atoms with Crippen molar-refractivity contribution in [2.24, 2.45) is 0 Å². The summed E-state index contributed by atoms with van der Waals surface area (Å²) < 4.78 is 11.5. The van der Waals surface area contributed by atoms with Gasteiger partial charge in [0.05, 0.1) is 18.3 Å². The van der Waals surface area contributed by atoms with E-state index in [0.29, 0.717) is 18.3 Å². The molecule has 2 heterocycles. The fourth-order valence-electron chi connectivity index (χ4n) is 2.66. The second-order valence-electron chi connectivity index (χ2n) is 5.26. The number of fused-ring (bicyclic) bond motifs is 1. The first-order valence-electron chi connectivity index (χ1n) is 7.24. The molecule has 0 spiro atoms. The molecule has 1 atom stereocenters. The largest absolute Gasteiger partial charge is 0.439 e. The van der Waals surface area contributed by atoms with Gasteiger partial charge < -0.3 is 14.9 Å². The first-order valence-corrected chi connectivity index (χ1v) is 7.24. The maximum atomic E-state index is 5.91.